The molecule has 0 aliphatic rings. The van der Waals surface area contributed by atoms with E-state index >= 15 is 0 Å². The molecule has 1 aromatic carbocycles. The largest absolute Gasteiger partial charge is 0.287 e. The van der Waals surface area contributed by atoms with Crippen LogP contribution in [0.1, 0.15) is 28.7 Å². The SMILES string of the molecule is CCn1nc(C)cc1C(=O)c1ccc(Cl)cc1F. The van der Waals surface area contributed by atoms with Crippen LogP contribution < -0.4 is 0 Å². The zero-order valence-electron chi connectivity index (χ0n) is 10.1. The van der Waals surface area contributed by atoms with Gasteiger partial charge in [-0.2, -0.15) is 5.10 Å². The molecular formula is C13H12ClFN2O. The summed E-state index contributed by atoms with van der Waals surface area (Å²) in [5, 5.41) is 4.44. The summed E-state index contributed by atoms with van der Waals surface area (Å²) in [7, 11) is 0. The van der Waals surface area contributed by atoms with Crippen LogP contribution in [-0.2, 0) is 6.54 Å². The van der Waals surface area contributed by atoms with Crippen LogP contribution in [0, 0.1) is 12.7 Å². The highest BCUT2D eigenvalue weighted by Crippen LogP contribution is 2.18. The Bertz CT molecular complexity index is 607. The average molecular weight is 267 g/mol. The van der Waals surface area contributed by atoms with Crippen molar-refractivity contribution in [3.05, 3.63) is 52.1 Å². The molecule has 3 nitrogen and oxygen atoms in total. The Kier molecular flexibility index (Phi) is 3.48. The van der Waals surface area contributed by atoms with Crippen molar-refractivity contribution < 1.29 is 9.18 Å². The molecule has 0 aliphatic heterocycles. The normalized spacial score (nSPS) is 10.7. The van der Waals surface area contributed by atoms with Gasteiger partial charge in [-0.3, -0.25) is 9.48 Å². The van der Waals surface area contributed by atoms with Gasteiger partial charge in [0.15, 0.2) is 0 Å². The predicted octanol–water partition coefficient (Wildman–Crippen LogP) is 3.23. The number of hydrogen-bond acceptors (Lipinski definition) is 2. The van der Waals surface area contributed by atoms with Crippen LogP contribution in [0.3, 0.4) is 0 Å². The van der Waals surface area contributed by atoms with Crippen LogP contribution in [0.15, 0.2) is 24.3 Å². The standard InChI is InChI=1S/C13H12ClFN2O/c1-3-17-12(6-8(2)16-17)13(18)10-5-4-9(14)7-11(10)15/h4-7H,3H2,1-2H3. The van der Waals surface area contributed by atoms with Gasteiger partial charge in [-0.15, -0.1) is 0 Å². The lowest BCUT2D eigenvalue weighted by atomic mass is 10.1. The van der Waals surface area contributed by atoms with E-state index in [4.69, 9.17) is 11.6 Å². The van der Waals surface area contributed by atoms with Crippen LogP contribution in [0.25, 0.3) is 0 Å². The van der Waals surface area contributed by atoms with Crippen LogP contribution >= 0.6 is 11.6 Å². The molecule has 0 atom stereocenters. The summed E-state index contributed by atoms with van der Waals surface area (Å²) in [4.78, 5) is 12.2. The summed E-state index contributed by atoms with van der Waals surface area (Å²) in [5.74, 6) is -0.999. The first-order chi connectivity index (χ1) is 8.52. The monoisotopic (exact) mass is 266 g/mol. The first kappa shape index (κ1) is 12.8. The van der Waals surface area contributed by atoms with Gasteiger partial charge in [-0.05, 0) is 38.1 Å². The molecule has 18 heavy (non-hydrogen) atoms. The summed E-state index contributed by atoms with van der Waals surface area (Å²) in [5.41, 5.74) is 1.12. The highest BCUT2D eigenvalue weighted by molar-refractivity contribution is 6.30. The number of aromatic nitrogens is 2. The third-order valence-corrected chi connectivity index (χ3v) is 2.85. The lowest BCUT2D eigenvalue weighted by Gasteiger charge is -2.05. The molecule has 0 spiro atoms. The molecule has 0 saturated carbocycles. The van der Waals surface area contributed by atoms with Crippen molar-refractivity contribution >= 4 is 17.4 Å². The molecule has 0 radical (unpaired) electrons. The summed E-state index contributed by atoms with van der Waals surface area (Å²) in [6, 6.07) is 5.67. The summed E-state index contributed by atoms with van der Waals surface area (Å²) in [6.07, 6.45) is 0. The fourth-order valence-corrected chi connectivity index (χ4v) is 1.94. The van der Waals surface area contributed by atoms with E-state index < -0.39 is 5.82 Å². The number of rotatable bonds is 3. The van der Waals surface area contributed by atoms with E-state index in [1.807, 2.05) is 6.92 Å². The Labute approximate surface area is 109 Å². The molecule has 94 valence electrons. The molecule has 0 amide bonds. The van der Waals surface area contributed by atoms with Crippen molar-refractivity contribution in [1.82, 2.24) is 9.78 Å². The molecule has 1 heterocycles. The van der Waals surface area contributed by atoms with E-state index in [0.29, 0.717) is 12.2 Å². The van der Waals surface area contributed by atoms with E-state index in [1.54, 1.807) is 17.7 Å². The van der Waals surface area contributed by atoms with Crippen molar-refractivity contribution in [2.24, 2.45) is 0 Å². The van der Waals surface area contributed by atoms with E-state index in [-0.39, 0.29) is 16.4 Å². The molecule has 0 saturated heterocycles. The Morgan fingerprint density at radius 1 is 1.44 bits per heavy atom. The molecular weight excluding hydrogens is 255 g/mol. The van der Waals surface area contributed by atoms with Crippen LogP contribution in [0.2, 0.25) is 5.02 Å². The molecule has 0 unspecified atom stereocenters. The maximum absolute atomic E-state index is 13.7. The van der Waals surface area contributed by atoms with Gasteiger partial charge in [0.25, 0.3) is 0 Å². The molecule has 2 rings (SSSR count). The lowest BCUT2D eigenvalue weighted by Crippen LogP contribution is -2.11. The highest BCUT2D eigenvalue weighted by Gasteiger charge is 2.18. The van der Waals surface area contributed by atoms with Crippen LogP contribution in [-0.4, -0.2) is 15.6 Å². The third-order valence-electron chi connectivity index (χ3n) is 2.61. The van der Waals surface area contributed by atoms with Crippen molar-refractivity contribution in [3.63, 3.8) is 0 Å². The molecule has 0 fully saturated rings. The molecule has 2 aromatic rings. The Morgan fingerprint density at radius 3 is 2.78 bits per heavy atom. The number of halogens is 2. The van der Waals surface area contributed by atoms with Crippen LogP contribution in [0.5, 0.6) is 0 Å². The van der Waals surface area contributed by atoms with E-state index in [9.17, 15) is 9.18 Å². The van der Waals surface area contributed by atoms with Gasteiger partial charge in [-0.25, -0.2) is 4.39 Å². The number of hydrogen-bond donors (Lipinski definition) is 0. The number of benzene rings is 1. The van der Waals surface area contributed by atoms with Crippen molar-refractivity contribution in [1.29, 1.82) is 0 Å². The van der Waals surface area contributed by atoms with Gasteiger partial charge >= 0.3 is 0 Å². The lowest BCUT2D eigenvalue weighted by molar-refractivity contribution is 0.102. The van der Waals surface area contributed by atoms with Crippen molar-refractivity contribution in [2.75, 3.05) is 0 Å². The predicted molar refractivity (Wildman–Crippen MR) is 67.5 cm³/mol. The second kappa shape index (κ2) is 4.90. The first-order valence-electron chi connectivity index (χ1n) is 5.57. The maximum atomic E-state index is 13.7. The van der Waals surface area contributed by atoms with E-state index in [1.165, 1.54) is 12.1 Å². The molecule has 5 heteroatoms. The number of carbonyl (C=O) groups is 1. The molecule has 0 aliphatic carbocycles. The van der Waals surface area contributed by atoms with Crippen molar-refractivity contribution in [3.8, 4) is 0 Å². The topological polar surface area (TPSA) is 34.9 Å². The number of ketones is 1. The quantitative estimate of drug-likeness (QED) is 0.800. The van der Waals surface area contributed by atoms with E-state index in [2.05, 4.69) is 5.10 Å². The smallest absolute Gasteiger partial charge is 0.213 e. The Morgan fingerprint density at radius 2 is 2.17 bits per heavy atom. The zero-order chi connectivity index (χ0) is 13.3. The first-order valence-corrected chi connectivity index (χ1v) is 5.95. The minimum atomic E-state index is -0.617. The second-order valence-corrected chi connectivity index (χ2v) is 4.38. The van der Waals surface area contributed by atoms with Crippen LogP contribution in [0.4, 0.5) is 4.39 Å². The van der Waals surface area contributed by atoms with Gasteiger partial charge in [0.1, 0.15) is 11.5 Å². The fourth-order valence-electron chi connectivity index (χ4n) is 1.78. The summed E-state index contributed by atoms with van der Waals surface area (Å²) in [6.45, 7) is 4.23. The van der Waals surface area contributed by atoms with Gasteiger partial charge < -0.3 is 0 Å². The summed E-state index contributed by atoms with van der Waals surface area (Å²) >= 11 is 5.66. The van der Waals surface area contributed by atoms with Gasteiger partial charge in [0, 0.05) is 11.6 Å². The van der Waals surface area contributed by atoms with Gasteiger partial charge in [0.05, 0.1) is 11.3 Å². The minimum absolute atomic E-state index is 0.00833. The zero-order valence-corrected chi connectivity index (χ0v) is 10.8. The van der Waals surface area contributed by atoms with E-state index in [0.717, 1.165) is 11.8 Å². The second-order valence-electron chi connectivity index (χ2n) is 3.94. The number of carbonyl (C=O) groups excluding carboxylic acids is 1. The minimum Gasteiger partial charge on any atom is -0.287 e. The third kappa shape index (κ3) is 2.29. The van der Waals surface area contributed by atoms with Crippen molar-refractivity contribution in [2.45, 2.75) is 20.4 Å². The molecule has 0 N–H and O–H groups in total. The Balaban J connectivity index is 2.47. The molecule has 0 bridgehead atoms. The Hall–Kier alpha value is -1.68. The number of aryl methyl sites for hydroxylation is 2. The maximum Gasteiger partial charge on any atom is 0.213 e. The highest BCUT2D eigenvalue weighted by atomic mass is 35.5. The molecule has 1 aromatic heterocycles. The average Bonchev–Trinajstić information content (AvgIpc) is 2.69. The fraction of sp³-hybridized carbons (Fsp3) is 0.231. The summed E-state index contributed by atoms with van der Waals surface area (Å²) < 4.78 is 15.3. The van der Waals surface area contributed by atoms with Gasteiger partial charge in [0.2, 0.25) is 5.78 Å². The van der Waals surface area contributed by atoms with Gasteiger partial charge in [-0.1, -0.05) is 11.6 Å². The number of nitrogens with zero attached hydrogens (tertiary/aromatic N) is 2.